The zero-order chi connectivity index (χ0) is 11.8. The van der Waals surface area contributed by atoms with Crippen LogP contribution in [0.3, 0.4) is 0 Å². The number of rotatable bonds is 2. The molecule has 0 aromatic heterocycles. The normalized spacial score (nSPS) is 23.1. The average molecular weight is 226 g/mol. The maximum absolute atomic E-state index is 12.9. The minimum Gasteiger partial charge on any atom is -0.487 e. The van der Waals surface area contributed by atoms with Crippen LogP contribution >= 0.6 is 0 Å². The van der Waals surface area contributed by atoms with Crippen LogP contribution in [0.25, 0.3) is 0 Å². The topological polar surface area (TPSA) is 49.7 Å². The molecule has 16 heavy (non-hydrogen) atoms. The van der Waals surface area contributed by atoms with E-state index >= 15 is 0 Å². The average Bonchev–Trinajstić information content (AvgIpc) is 2.28. The van der Waals surface area contributed by atoms with Crippen molar-refractivity contribution in [1.29, 1.82) is 0 Å². The summed E-state index contributed by atoms with van der Waals surface area (Å²) in [5, 5.41) is 18.9. The van der Waals surface area contributed by atoms with E-state index in [1.54, 1.807) is 6.07 Å². The Bertz CT molecular complexity index is 390. The lowest BCUT2D eigenvalue weighted by molar-refractivity contribution is -0.0872. The quantitative estimate of drug-likeness (QED) is 0.798. The molecule has 88 valence electrons. The fourth-order valence-corrected chi connectivity index (χ4v) is 1.90. The Morgan fingerprint density at radius 3 is 3.00 bits per heavy atom. The fourth-order valence-electron chi connectivity index (χ4n) is 1.90. The van der Waals surface area contributed by atoms with Gasteiger partial charge in [0.2, 0.25) is 0 Å². The summed E-state index contributed by atoms with van der Waals surface area (Å²) in [5.41, 5.74) is -0.448. The highest BCUT2D eigenvalue weighted by molar-refractivity contribution is 5.36. The summed E-state index contributed by atoms with van der Waals surface area (Å²) < 4.78 is 18.5. The third kappa shape index (κ3) is 2.03. The highest BCUT2D eigenvalue weighted by Crippen LogP contribution is 2.31. The number of hydrogen-bond donors (Lipinski definition) is 2. The van der Waals surface area contributed by atoms with Crippen LogP contribution in [0.2, 0.25) is 0 Å². The highest BCUT2D eigenvalue weighted by Gasteiger charge is 2.35. The number of aliphatic hydroxyl groups excluding tert-OH is 1. The smallest absolute Gasteiger partial charge is 0.130 e. The monoisotopic (exact) mass is 226 g/mol. The Balaban J connectivity index is 2.21. The minimum absolute atomic E-state index is 0.283. The number of aryl methyl sites for hydroxylation is 1. The standard InChI is InChI=1S/C12H15FO3/c1-12(15,7-14)11-5-2-8-6-9(13)3-4-10(8)16-11/h3-4,6,11,14-15H,2,5,7H2,1H3/t11-,12-/m1/s1. The number of ether oxygens (including phenoxy) is 1. The largest absolute Gasteiger partial charge is 0.487 e. The second kappa shape index (κ2) is 4.03. The first kappa shape index (κ1) is 11.4. The summed E-state index contributed by atoms with van der Waals surface area (Å²) in [5.74, 6) is 0.307. The van der Waals surface area contributed by atoms with E-state index in [9.17, 15) is 9.50 Å². The number of aliphatic hydroxyl groups is 2. The van der Waals surface area contributed by atoms with E-state index in [1.165, 1.54) is 19.1 Å². The molecule has 2 rings (SSSR count). The van der Waals surface area contributed by atoms with Crippen molar-refractivity contribution in [1.82, 2.24) is 0 Å². The van der Waals surface area contributed by atoms with Gasteiger partial charge in [0, 0.05) is 0 Å². The van der Waals surface area contributed by atoms with Crippen LogP contribution in [0.1, 0.15) is 18.9 Å². The van der Waals surface area contributed by atoms with Crippen molar-refractivity contribution in [2.24, 2.45) is 0 Å². The summed E-state index contributed by atoms with van der Waals surface area (Å²) >= 11 is 0. The van der Waals surface area contributed by atoms with Gasteiger partial charge in [0.1, 0.15) is 23.3 Å². The van der Waals surface area contributed by atoms with E-state index in [2.05, 4.69) is 0 Å². The molecule has 2 N–H and O–H groups in total. The first-order valence-electron chi connectivity index (χ1n) is 5.31. The molecule has 0 spiro atoms. The van der Waals surface area contributed by atoms with Crippen molar-refractivity contribution < 1.29 is 19.3 Å². The Labute approximate surface area is 93.5 Å². The van der Waals surface area contributed by atoms with Gasteiger partial charge >= 0.3 is 0 Å². The molecule has 1 aromatic rings. The van der Waals surface area contributed by atoms with Gasteiger partial charge in [-0.25, -0.2) is 4.39 Å². The minimum atomic E-state index is -1.26. The van der Waals surface area contributed by atoms with Crippen LogP contribution in [-0.4, -0.2) is 28.5 Å². The van der Waals surface area contributed by atoms with Crippen molar-refractivity contribution in [3.63, 3.8) is 0 Å². The van der Waals surface area contributed by atoms with Crippen LogP contribution in [-0.2, 0) is 6.42 Å². The number of hydrogen-bond acceptors (Lipinski definition) is 3. The molecule has 4 heteroatoms. The van der Waals surface area contributed by atoms with Crippen molar-refractivity contribution in [3.8, 4) is 5.75 Å². The van der Waals surface area contributed by atoms with Gasteiger partial charge in [-0.05, 0) is 43.5 Å². The first-order valence-corrected chi connectivity index (χ1v) is 5.31. The SMILES string of the molecule is C[C@@](O)(CO)[C@H]1CCc2cc(F)ccc2O1. The van der Waals surface area contributed by atoms with Crippen LogP contribution < -0.4 is 4.74 Å². The van der Waals surface area contributed by atoms with E-state index < -0.39 is 11.7 Å². The molecule has 0 amide bonds. The fraction of sp³-hybridized carbons (Fsp3) is 0.500. The molecule has 1 aromatic carbocycles. The van der Waals surface area contributed by atoms with Gasteiger partial charge in [-0.1, -0.05) is 0 Å². The number of halogens is 1. The summed E-state index contributed by atoms with van der Waals surface area (Å²) in [6, 6.07) is 4.33. The molecule has 0 saturated heterocycles. The second-order valence-electron chi connectivity index (χ2n) is 4.41. The molecule has 0 aliphatic carbocycles. The lowest BCUT2D eigenvalue weighted by Crippen LogP contribution is -2.47. The molecule has 1 heterocycles. The molecule has 0 saturated carbocycles. The van der Waals surface area contributed by atoms with Crippen LogP contribution in [0.4, 0.5) is 4.39 Å². The Morgan fingerprint density at radius 1 is 1.56 bits per heavy atom. The second-order valence-corrected chi connectivity index (χ2v) is 4.41. The molecule has 0 unspecified atom stereocenters. The van der Waals surface area contributed by atoms with Crippen LogP contribution in [0.5, 0.6) is 5.75 Å². The molecule has 0 bridgehead atoms. The third-order valence-corrected chi connectivity index (χ3v) is 2.98. The maximum Gasteiger partial charge on any atom is 0.130 e. The lowest BCUT2D eigenvalue weighted by Gasteiger charge is -2.35. The van der Waals surface area contributed by atoms with E-state index in [4.69, 9.17) is 9.84 Å². The zero-order valence-electron chi connectivity index (χ0n) is 9.11. The molecule has 1 aliphatic heterocycles. The van der Waals surface area contributed by atoms with Crippen molar-refractivity contribution in [2.45, 2.75) is 31.5 Å². The van der Waals surface area contributed by atoms with Crippen LogP contribution in [0.15, 0.2) is 18.2 Å². The first-order chi connectivity index (χ1) is 7.53. The van der Waals surface area contributed by atoms with Crippen molar-refractivity contribution >= 4 is 0 Å². The summed E-state index contributed by atoms with van der Waals surface area (Å²) in [6.45, 7) is 1.18. The maximum atomic E-state index is 12.9. The van der Waals surface area contributed by atoms with Gasteiger partial charge in [0.15, 0.2) is 0 Å². The molecular weight excluding hydrogens is 211 g/mol. The van der Waals surface area contributed by atoms with Crippen LogP contribution in [0, 0.1) is 5.82 Å². The Hall–Kier alpha value is -1.13. The lowest BCUT2D eigenvalue weighted by atomic mass is 9.91. The van der Waals surface area contributed by atoms with E-state index in [1.807, 2.05) is 0 Å². The number of fused-ring (bicyclic) bond motifs is 1. The Morgan fingerprint density at radius 2 is 2.31 bits per heavy atom. The summed E-state index contributed by atoms with van der Waals surface area (Å²) in [7, 11) is 0. The number of benzene rings is 1. The highest BCUT2D eigenvalue weighted by atomic mass is 19.1. The van der Waals surface area contributed by atoms with Gasteiger partial charge in [-0.2, -0.15) is 0 Å². The third-order valence-electron chi connectivity index (χ3n) is 2.98. The van der Waals surface area contributed by atoms with Gasteiger partial charge in [-0.3, -0.25) is 0 Å². The Kier molecular flexibility index (Phi) is 2.86. The van der Waals surface area contributed by atoms with E-state index in [0.717, 1.165) is 5.56 Å². The molecule has 0 fully saturated rings. The summed E-state index contributed by atoms with van der Waals surface area (Å²) in [4.78, 5) is 0. The van der Waals surface area contributed by atoms with E-state index in [0.29, 0.717) is 18.6 Å². The molecular formula is C12H15FO3. The van der Waals surface area contributed by atoms with Crippen molar-refractivity contribution in [2.75, 3.05) is 6.61 Å². The molecule has 3 nitrogen and oxygen atoms in total. The molecule has 0 radical (unpaired) electrons. The predicted octanol–water partition coefficient (Wildman–Crippen LogP) is 1.26. The zero-order valence-corrected chi connectivity index (χ0v) is 9.11. The predicted molar refractivity (Wildman–Crippen MR) is 56.8 cm³/mol. The summed E-state index contributed by atoms with van der Waals surface area (Å²) in [6.07, 6.45) is 0.772. The molecule has 1 aliphatic rings. The van der Waals surface area contributed by atoms with Crippen molar-refractivity contribution in [3.05, 3.63) is 29.6 Å². The van der Waals surface area contributed by atoms with Gasteiger partial charge in [0.05, 0.1) is 6.61 Å². The molecule has 2 atom stereocenters. The van der Waals surface area contributed by atoms with Gasteiger partial charge < -0.3 is 14.9 Å². The van der Waals surface area contributed by atoms with Gasteiger partial charge in [0.25, 0.3) is 0 Å². The van der Waals surface area contributed by atoms with Gasteiger partial charge in [-0.15, -0.1) is 0 Å². The van der Waals surface area contributed by atoms with E-state index in [-0.39, 0.29) is 12.4 Å².